The average Bonchev–Trinajstić information content (AvgIpc) is 1.67. The SMILES string of the molecule is CC(C)C(=O)NCS. The van der Waals surface area contributed by atoms with Crippen LogP contribution in [0.4, 0.5) is 0 Å². The molecule has 1 amide bonds. The molecule has 0 bridgehead atoms. The lowest BCUT2D eigenvalue weighted by atomic mass is 10.2. The van der Waals surface area contributed by atoms with Gasteiger partial charge in [-0.25, -0.2) is 0 Å². The number of thiol groups is 1. The summed E-state index contributed by atoms with van der Waals surface area (Å²) in [7, 11) is 0. The van der Waals surface area contributed by atoms with E-state index in [4.69, 9.17) is 0 Å². The second-order valence-electron chi connectivity index (χ2n) is 1.85. The highest BCUT2D eigenvalue weighted by atomic mass is 32.1. The third-order valence-electron chi connectivity index (χ3n) is 0.778. The van der Waals surface area contributed by atoms with Gasteiger partial charge in [-0.1, -0.05) is 13.8 Å². The summed E-state index contributed by atoms with van der Waals surface area (Å²) in [6, 6.07) is 0. The Bertz CT molecular complexity index is 82.5. The number of nitrogens with one attached hydrogen (secondary N) is 1. The molecule has 0 aromatic carbocycles. The molecule has 0 heterocycles. The quantitative estimate of drug-likeness (QED) is 0.420. The number of carbonyl (C=O) groups excluding carboxylic acids is 1. The van der Waals surface area contributed by atoms with Crippen LogP contribution in [-0.2, 0) is 4.79 Å². The van der Waals surface area contributed by atoms with Crippen LogP contribution in [0.15, 0.2) is 0 Å². The summed E-state index contributed by atoms with van der Waals surface area (Å²) in [6.07, 6.45) is 0. The van der Waals surface area contributed by atoms with Gasteiger partial charge in [0.05, 0.1) is 5.88 Å². The summed E-state index contributed by atoms with van der Waals surface area (Å²) >= 11 is 3.82. The molecule has 48 valence electrons. The lowest BCUT2D eigenvalue weighted by molar-refractivity contribution is -0.123. The van der Waals surface area contributed by atoms with Crippen molar-refractivity contribution in [3.8, 4) is 0 Å². The first-order valence-corrected chi connectivity index (χ1v) is 3.20. The highest BCUT2D eigenvalue weighted by molar-refractivity contribution is 7.80. The molecule has 8 heavy (non-hydrogen) atoms. The van der Waals surface area contributed by atoms with Crippen LogP contribution in [0.2, 0.25) is 0 Å². The lowest BCUT2D eigenvalue weighted by Gasteiger charge is -2.02. The van der Waals surface area contributed by atoms with Crippen molar-refractivity contribution in [1.82, 2.24) is 5.32 Å². The van der Waals surface area contributed by atoms with E-state index >= 15 is 0 Å². The third-order valence-corrected chi connectivity index (χ3v) is 0.936. The largest absolute Gasteiger partial charge is 0.347 e. The van der Waals surface area contributed by atoms with Crippen LogP contribution in [0, 0.1) is 5.92 Å². The molecular formula is C5H11NOS. The van der Waals surface area contributed by atoms with Crippen molar-refractivity contribution in [1.29, 1.82) is 0 Å². The van der Waals surface area contributed by atoms with Gasteiger partial charge in [0.1, 0.15) is 0 Å². The first-order valence-electron chi connectivity index (χ1n) is 2.57. The number of hydrogen-bond acceptors (Lipinski definition) is 2. The summed E-state index contributed by atoms with van der Waals surface area (Å²) in [5.41, 5.74) is 0. The zero-order valence-corrected chi connectivity index (χ0v) is 6.03. The fourth-order valence-corrected chi connectivity index (χ4v) is 0.438. The maximum Gasteiger partial charge on any atom is 0.223 e. The van der Waals surface area contributed by atoms with Crippen molar-refractivity contribution in [3.63, 3.8) is 0 Å². The predicted octanol–water partition coefficient (Wildman–Crippen LogP) is 0.646. The zero-order valence-electron chi connectivity index (χ0n) is 5.14. The standard InChI is InChI=1S/C5H11NOS/c1-4(2)5(7)6-3-8/h4,8H,3H2,1-2H3,(H,6,7). The Hall–Kier alpha value is -0.180. The first kappa shape index (κ1) is 7.82. The zero-order chi connectivity index (χ0) is 6.57. The van der Waals surface area contributed by atoms with E-state index in [1.165, 1.54) is 0 Å². The topological polar surface area (TPSA) is 29.1 Å². The fraction of sp³-hybridized carbons (Fsp3) is 0.800. The Morgan fingerprint density at radius 2 is 2.25 bits per heavy atom. The molecule has 3 heteroatoms. The minimum Gasteiger partial charge on any atom is -0.347 e. The predicted molar refractivity (Wildman–Crippen MR) is 36.8 cm³/mol. The molecule has 0 saturated heterocycles. The molecule has 0 spiro atoms. The molecule has 0 aromatic rings. The Morgan fingerprint density at radius 3 is 2.38 bits per heavy atom. The Morgan fingerprint density at radius 1 is 1.75 bits per heavy atom. The van der Waals surface area contributed by atoms with E-state index in [2.05, 4.69) is 17.9 Å². The van der Waals surface area contributed by atoms with E-state index < -0.39 is 0 Å². The molecule has 1 N–H and O–H groups in total. The highest BCUT2D eigenvalue weighted by Crippen LogP contribution is 1.89. The summed E-state index contributed by atoms with van der Waals surface area (Å²) in [5.74, 6) is 0.555. The summed E-state index contributed by atoms with van der Waals surface area (Å²) < 4.78 is 0. The van der Waals surface area contributed by atoms with Crippen LogP contribution in [0.3, 0.4) is 0 Å². The minimum atomic E-state index is 0.0556. The van der Waals surface area contributed by atoms with Gasteiger partial charge in [-0.15, -0.1) is 0 Å². The monoisotopic (exact) mass is 133 g/mol. The van der Waals surface area contributed by atoms with Crippen LogP contribution in [0.1, 0.15) is 13.8 Å². The van der Waals surface area contributed by atoms with Gasteiger partial charge in [-0.05, 0) is 0 Å². The van der Waals surface area contributed by atoms with Gasteiger partial charge >= 0.3 is 0 Å². The highest BCUT2D eigenvalue weighted by Gasteiger charge is 2.02. The Kier molecular flexibility index (Phi) is 3.69. The normalized spacial score (nSPS) is 9.50. The van der Waals surface area contributed by atoms with Gasteiger partial charge < -0.3 is 5.32 Å². The van der Waals surface area contributed by atoms with Gasteiger partial charge in [-0.2, -0.15) is 12.6 Å². The van der Waals surface area contributed by atoms with Gasteiger partial charge in [0.25, 0.3) is 0 Å². The van der Waals surface area contributed by atoms with Gasteiger partial charge in [0.15, 0.2) is 0 Å². The van der Waals surface area contributed by atoms with E-state index in [9.17, 15) is 4.79 Å². The number of rotatable bonds is 2. The Balaban J connectivity index is 3.33. The average molecular weight is 133 g/mol. The van der Waals surface area contributed by atoms with E-state index in [-0.39, 0.29) is 11.8 Å². The molecular weight excluding hydrogens is 122 g/mol. The molecule has 0 radical (unpaired) electrons. The molecule has 0 saturated carbocycles. The summed E-state index contributed by atoms with van der Waals surface area (Å²) in [5, 5.41) is 2.57. The maximum atomic E-state index is 10.6. The lowest BCUT2D eigenvalue weighted by Crippen LogP contribution is -2.26. The molecule has 0 unspecified atom stereocenters. The Labute approximate surface area is 55.1 Å². The second kappa shape index (κ2) is 3.78. The van der Waals surface area contributed by atoms with Crippen LogP contribution in [0.5, 0.6) is 0 Å². The molecule has 0 atom stereocenters. The van der Waals surface area contributed by atoms with Gasteiger partial charge in [0, 0.05) is 5.92 Å². The van der Waals surface area contributed by atoms with Crippen molar-refractivity contribution >= 4 is 18.5 Å². The third kappa shape index (κ3) is 2.91. The summed E-state index contributed by atoms with van der Waals surface area (Å²) in [4.78, 5) is 10.6. The molecule has 0 aromatic heterocycles. The molecule has 0 aliphatic carbocycles. The molecule has 2 nitrogen and oxygen atoms in total. The maximum absolute atomic E-state index is 10.6. The molecule has 0 fully saturated rings. The fourth-order valence-electron chi connectivity index (χ4n) is 0.282. The first-order chi connectivity index (χ1) is 3.68. The number of amides is 1. The van der Waals surface area contributed by atoms with Crippen molar-refractivity contribution in [2.24, 2.45) is 5.92 Å². The molecule has 0 aliphatic rings. The van der Waals surface area contributed by atoms with Crippen molar-refractivity contribution in [2.75, 3.05) is 5.88 Å². The van der Waals surface area contributed by atoms with Crippen LogP contribution < -0.4 is 5.32 Å². The number of carbonyl (C=O) groups is 1. The van der Waals surface area contributed by atoms with E-state index in [1.807, 2.05) is 13.8 Å². The van der Waals surface area contributed by atoms with E-state index in [0.29, 0.717) is 5.88 Å². The van der Waals surface area contributed by atoms with Gasteiger partial charge in [-0.3, -0.25) is 4.79 Å². The smallest absolute Gasteiger partial charge is 0.223 e. The van der Waals surface area contributed by atoms with Crippen molar-refractivity contribution in [3.05, 3.63) is 0 Å². The van der Waals surface area contributed by atoms with Crippen LogP contribution in [-0.4, -0.2) is 11.8 Å². The minimum absolute atomic E-state index is 0.0556. The van der Waals surface area contributed by atoms with E-state index in [0.717, 1.165) is 0 Å². The summed E-state index contributed by atoms with van der Waals surface area (Å²) in [6.45, 7) is 3.69. The second-order valence-corrected chi connectivity index (χ2v) is 2.17. The van der Waals surface area contributed by atoms with Crippen LogP contribution >= 0.6 is 12.6 Å². The molecule has 0 aliphatic heterocycles. The number of hydrogen-bond donors (Lipinski definition) is 2. The van der Waals surface area contributed by atoms with Crippen molar-refractivity contribution < 1.29 is 4.79 Å². The van der Waals surface area contributed by atoms with Crippen LogP contribution in [0.25, 0.3) is 0 Å². The van der Waals surface area contributed by atoms with Crippen molar-refractivity contribution in [2.45, 2.75) is 13.8 Å². The van der Waals surface area contributed by atoms with E-state index in [1.54, 1.807) is 0 Å². The molecule has 0 rings (SSSR count). The van der Waals surface area contributed by atoms with Gasteiger partial charge in [0.2, 0.25) is 5.91 Å².